The molecular weight excluding hydrogens is 186 g/mol. The van der Waals surface area contributed by atoms with Gasteiger partial charge in [-0.25, -0.2) is 0 Å². The highest BCUT2D eigenvalue weighted by atomic mass is 15.1. The van der Waals surface area contributed by atoms with E-state index in [9.17, 15) is 0 Å². The third-order valence-electron chi connectivity index (χ3n) is 2.95. The van der Waals surface area contributed by atoms with Gasteiger partial charge in [-0.05, 0) is 37.6 Å². The maximum Gasteiger partial charge on any atom is 0.0539 e. The topological polar surface area (TPSA) is 42.1 Å². The van der Waals surface area contributed by atoms with Crippen LogP contribution in [0, 0.1) is 0 Å². The number of nitrogens with two attached hydrogens (primary N) is 1. The van der Waals surface area contributed by atoms with Crippen LogP contribution in [0.15, 0.2) is 18.3 Å². The highest BCUT2D eigenvalue weighted by molar-refractivity contribution is 5.13. The van der Waals surface area contributed by atoms with Crippen molar-refractivity contribution in [2.24, 2.45) is 5.73 Å². The molecule has 1 fully saturated rings. The van der Waals surface area contributed by atoms with E-state index in [1.54, 1.807) is 0 Å². The molecule has 2 N–H and O–H groups in total. The molecule has 1 aromatic heterocycles. The van der Waals surface area contributed by atoms with E-state index < -0.39 is 0 Å². The quantitative estimate of drug-likeness (QED) is 0.813. The van der Waals surface area contributed by atoms with E-state index in [4.69, 9.17) is 5.73 Å². The Bertz CT molecular complexity index is 288. The van der Waals surface area contributed by atoms with Crippen LogP contribution in [0.25, 0.3) is 0 Å². The van der Waals surface area contributed by atoms with Crippen LogP contribution in [0.4, 0.5) is 0 Å². The molecule has 82 valence electrons. The fourth-order valence-corrected chi connectivity index (χ4v) is 2.05. The fourth-order valence-electron chi connectivity index (χ4n) is 2.05. The predicted octanol–water partition coefficient (Wildman–Crippen LogP) is 1.53. The minimum Gasteiger partial charge on any atom is -0.325 e. The smallest absolute Gasteiger partial charge is 0.0539 e. The molecule has 1 aromatic rings. The van der Waals surface area contributed by atoms with Crippen LogP contribution in [-0.2, 0) is 13.1 Å². The zero-order chi connectivity index (χ0) is 10.5. The molecule has 1 saturated heterocycles. The van der Waals surface area contributed by atoms with Crippen molar-refractivity contribution in [3.05, 3.63) is 29.6 Å². The molecule has 0 amide bonds. The number of hydrogen-bond acceptors (Lipinski definition) is 3. The van der Waals surface area contributed by atoms with Crippen molar-refractivity contribution in [2.75, 3.05) is 13.1 Å². The van der Waals surface area contributed by atoms with Gasteiger partial charge < -0.3 is 5.73 Å². The van der Waals surface area contributed by atoms with Gasteiger partial charge in [-0.2, -0.15) is 0 Å². The maximum absolute atomic E-state index is 5.51. The Morgan fingerprint density at radius 1 is 1.20 bits per heavy atom. The average molecular weight is 205 g/mol. The molecule has 15 heavy (non-hydrogen) atoms. The SMILES string of the molecule is NCc1ccc(CN2CCCCC2)cn1. The summed E-state index contributed by atoms with van der Waals surface area (Å²) in [6.07, 6.45) is 6.03. The molecule has 2 heterocycles. The van der Waals surface area contributed by atoms with Gasteiger partial charge >= 0.3 is 0 Å². The van der Waals surface area contributed by atoms with Gasteiger partial charge in [0, 0.05) is 19.3 Å². The van der Waals surface area contributed by atoms with Crippen LogP contribution in [0.5, 0.6) is 0 Å². The van der Waals surface area contributed by atoms with E-state index in [1.807, 2.05) is 12.3 Å². The van der Waals surface area contributed by atoms with Gasteiger partial charge in [0.1, 0.15) is 0 Å². The lowest BCUT2D eigenvalue weighted by molar-refractivity contribution is 0.220. The molecule has 0 saturated carbocycles. The zero-order valence-electron chi connectivity index (χ0n) is 9.15. The summed E-state index contributed by atoms with van der Waals surface area (Å²) in [4.78, 5) is 6.81. The van der Waals surface area contributed by atoms with Crippen molar-refractivity contribution in [1.82, 2.24) is 9.88 Å². The van der Waals surface area contributed by atoms with E-state index in [0.29, 0.717) is 6.54 Å². The van der Waals surface area contributed by atoms with E-state index in [1.165, 1.54) is 37.9 Å². The van der Waals surface area contributed by atoms with Gasteiger partial charge in [-0.3, -0.25) is 9.88 Å². The molecule has 1 aliphatic heterocycles. The first-order valence-corrected chi connectivity index (χ1v) is 5.75. The highest BCUT2D eigenvalue weighted by Gasteiger charge is 2.10. The minimum atomic E-state index is 0.532. The van der Waals surface area contributed by atoms with E-state index in [2.05, 4.69) is 16.0 Å². The molecule has 3 nitrogen and oxygen atoms in total. The Balaban J connectivity index is 1.91. The number of pyridine rings is 1. The number of likely N-dealkylation sites (tertiary alicyclic amines) is 1. The Kier molecular flexibility index (Phi) is 3.69. The minimum absolute atomic E-state index is 0.532. The molecule has 0 bridgehead atoms. The second kappa shape index (κ2) is 5.24. The van der Waals surface area contributed by atoms with E-state index in [-0.39, 0.29) is 0 Å². The van der Waals surface area contributed by atoms with Gasteiger partial charge in [0.2, 0.25) is 0 Å². The normalized spacial score (nSPS) is 17.9. The summed E-state index contributed by atoms with van der Waals surface area (Å²) in [7, 11) is 0. The number of aromatic nitrogens is 1. The van der Waals surface area contributed by atoms with Crippen LogP contribution in [0.1, 0.15) is 30.5 Å². The summed E-state index contributed by atoms with van der Waals surface area (Å²) < 4.78 is 0. The second-order valence-electron chi connectivity index (χ2n) is 4.20. The first kappa shape index (κ1) is 10.6. The predicted molar refractivity (Wildman–Crippen MR) is 61.3 cm³/mol. The molecule has 0 spiro atoms. The summed E-state index contributed by atoms with van der Waals surface area (Å²) in [6.45, 7) is 4.04. The van der Waals surface area contributed by atoms with Crippen molar-refractivity contribution >= 4 is 0 Å². The van der Waals surface area contributed by atoms with Crippen molar-refractivity contribution in [3.8, 4) is 0 Å². The molecule has 0 atom stereocenters. The summed E-state index contributed by atoms with van der Waals surface area (Å²) >= 11 is 0. The fraction of sp³-hybridized carbons (Fsp3) is 0.583. The summed E-state index contributed by atoms with van der Waals surface area (Å²) in [5.41, 5.74) is 7.78. The van der Waals surface area contributed by atoms with Crippen LogP contribution >= 0.6 is 0 Å². The lowest BCUT2D eigenvalue weighted by Crippen LogP contribution is -2.29. The number of nitrogens with zero attached hydrogens (tertiary/aromatic N) is 2. The van der Waals surface area contributed by atoms with E-state index >= 15 is 0 Å². The van der Waals surface area contributed by atoms with Crippen molar-refractivity contribution in [2.45, 2.75) is 32.4 Å². The maximum atomic E-state index is 5.51. The van der Waals surface area contributed by atoms with Crippen LogP contribution < -0.4 is 5.73 Å². The second-order valence-corrected chi connectivity index (χ2v) is 4.20. The molecule has 1 aliphatic rings. The first-order chi connectivity index (χ1) is 7.38. The monoisotopic (exact) mass is 205 g/mol. The Labute approximate surface area is 91.3 Å². The standard InChI is InChI=1S/C12H19N3/c13-8-12-5-4-11(9-14-12)10-15-6-2-1-3-7-15/h4-5,9H,1-3,6-8,10,13H2. The van der Waals surface area contributed by atoms with Crippen molar-refractivity contribution in [1.29, 1.82) is 0 Å². The Morgan fingerprint density at radius 3 is 2.60 bits per heavy atom. The van der Waals surface area contributed by atoms with Crippen molar-refractivity contribution < 1.29 is 0 Å². The number of piperidine rings is 1. The Hall–Kier alpha value is -0.930. The van der Waals surface area contributed by atoms with Crippen LogP contribution in [0.2, 0.25) is 0 Å². The summed E-state index contributed by atoms with van der Waals surface area (Å²) in [5.74, 6) is 0. The molecule has 0 aromatic carbocycles. The number of hydrogen-bond donors (Lipinski definition) is 1. The number of rotatable bonds is 3. The van der Waals surface area contributed by atoms with Gasteiger partial charge in [0.05, 0.1) is 5.69 Å². The molecule has 0 unspecified atom stereocenters. The van der Waals surface area contributed by atoms with Gasteiger partial charge in [0.25, 0.3) is 0 Å². The first-order valence-electron chi connectivity index (χ1n) is 5.75. The van der Waals surface area contributed by atoms with Crippen LogP contribution in [-0.4, -0.2) is 23.0 Å². The lowest BCUT2D eigenvalue weighted by atomic mass is 10.1. The molecule has 2 rings (SSSR count). The molecule has 3 heteroatoms. The highest BCUT2D eigenvalue weighted by Crippen LogP contribution is 2.12. The van der Waals surface area contributed by atoms with Gasteiger partial charge in [-0.1, -0.05) is 12.5 Å². The lowest BCUT2D eigenvalue weighted by Gasteiger charge is -2.26. The van der Waals surface area contributed by atoms with E-state index in [0.717, 1.165) is 12.2 Å². The van der Waals surface area contributed by atoms with Gasteiger partial charge in [0.15, 0.2) is 0 Å². The van der Waals surface area contributed by atoms with Gasteiger partial charge in [-0.15, -0.1) is 0 Å². The van der Waals surface area contributed by atoms with Crippen molar-refractivity contribution in [3.63, 3.8) is 0 Å². The third-order valence-corrected chi connectivity index (χ3v) is 2.95. The summed E-state index contributed by atoms with van der Waals surface area (Å²) in [5, 5.41) is 0. The average Bonchev–Trinajstić information content (AvgIpc) is 2.31. The summed E-state index contributed by atoms with van der Waals surface area (Å²) in [6, 6.07) is 4.17. The molecule has 0 aliphatic carbocycles. The third kappa shape index (κ3) is 3.01. The largest absolute Gasteiger partial charge is 0.325 e. The Morgan fingerprint density at radius 2 is 2.00 bits per heavy atom. The zero-order valence-corrected chi connectivity index (χ0v) is 9.15. The molecular formula is C12H19N3. The van der Waals surface area contributed by atoms with Crippen LogP contribution in [0.3, 0.4) is 0 Å². The molecule has 0 radical (unpaired) electrons.